The van der Waals surface area contributed by atoms with Crippen LogP contribution in [0.2, 0.25) is 0 Å². The number of nitrogens with zero attached hydrogens (tertiary/aromatic N) is 2. The number of ether oxygens (including phenoxy) is 2. The van der Waals surface area contributed by atoms with E-state index in [9.17, 15) is 19.8 Å². The molecule has 0 aromatic carbocycles. The van der Waals surface area contributed by atoms with Gasteiger partial charge >= 0.3 is 0 Å². The highest BCUT2D eigenvalue weighted by Crippen LogP contribution is 2.42. The van der Waals surface area contributed by atoms with Crippen LogP contribution >= 0.6 is 0 Å². The summed E-state index contributed by atoms with van der Waals surface area (Å²) in [5.74, 6) is -3.44. The first kappa shape index (κ1) is 21.5. The van der Waals surface area contributed by atoms with Gasteiger partial charge in [-0.25, -0.2) is 0 Å². The summed E-state index contributed by atoms with van der Waals surface area (Å²) in [5.41, 5.74) is -1.11. The Labute approximate surface area is 166 Å². The molecule has 8 nitrogen and oxygen atoms in total. The average molecular weight is 399 g/mol. The van der Waals surface area contributed by atoms with E-state index in [4.69, 9.17) is 9.47 Å². The number of hydrogen-bond acceptors (Lipinski definition) is 6. The first-order valence-electron chi connectivity index (χ1n) is 10.0. The second-order valence-electron chi connectivity index (χ2n) is 10.4. The number of carbonyl (C=O) groups excluding carboxylic acids is 2. The third-order valence-electron chi connectivity index (χ3n) is 5.71. The maximum Gasteiger partial charge on any atom is 0.228 e. The van der Waals surface area contributed by atoms with Gasteiger partial charge in [0.25, 0.3) is 0 Å². The van der Waals surface area contributed by atoms with E-state index in [0.29, 0.717) is 25.9 Å². The van der Waals surface area contributed by atoms with Crippen molar-refractivity contribution in [3.8, 4) is 0 Å². The number of aliphatic hydroxyl groups is 2. The van der Waals surface area contributed by atoms with Crippen molar-refractivity contribution in [1.82, 2.24) is 9.80 Å². The standard InChI is InChI=1S/C20H34N2O6/c1-17(2,3)15(23)21-9-7-13-19(25,11-21)27-14-8-10-22(12-20(14,26)28-13)16(24)18(4,5)6/h13-14,25-26H,7-12H2,1-6H3/t13-,14-,19-,20+/m0/s1. The van der Waals surface area contributed by atoms with Crippen molar-refractivity contribution >= 4 is 11.8 Å². The molecule has 3 aliphatic rings. The molecule has 3 aliphatic heterocycles. The number of hydrogen-bond donors (Lipinski definition) is 2. The van der Waals surface area contributed by atoms with Gasteiger partial charge in [-0.3, -0.25) is 9.59 Å². The minimum Gasteiger partial charge on any atom is -0.362 e. The minimum absolute atomic E-state index is 0.00495. The Hall–Kier alpha value is -1.22. The average Bonchev–Trinajstić information content (AvgIpc) is 2.55. The highest BCUT2D eigenvalue weighted by Gasteiger charge is 2.60. The molecule has 28 heavy (non-hydrogen) atoms. The summed E-state index contributed by atoms with van der Waals surface area (Å²) >= 11 is 0. The molecule has 2 N–H and O–H groups in total. The molecule has 3 rings (SSSR count). The maximum absolute atomic E-state index is 12.6. The third kappa shape index (κ3) is 3.79. The van der Waals surface area contributed by atoms with Crippen molar-refractivity contribution in [3.63, 3.8) is 0 Å². The minimum atomic E-state index is -1.66. The summed E-state index contributed by atoms with van der Waals surface area (Å²) in [6, 6.07) is 0. The normalized spacial score (nSPS) is 36.6. The first-order valence-corrected chi connectivity index (χ1v) is 10.0. The van der Waals surface area contributed by atoms with E-state index in [1.165, 1.54) is 0 Å². The lowest BCUT2D eigenvalue weighted by Crippen LogP contribution is -2.74. The SMILES string of the molecule is CC(C)(C)C(=O)N1CC[C@@H]2O[C@@]3(O)CN(C(=O)C(C)(C)C)CC[C@@H]3O[C@]2(O)C1. The molecule has 8 heteroatoms. The van der Waals surface area contributed by atoms with Gasteiger partial charge in [0, 0.05) is 23.9 Å². The largest absolute Gasteiger partial charge is 0.362 e. The van der Waals surface area contributed by atoms with Gasteiger partial charge in [-0.05, 0) is 12.8 Å². The van der Waals surface area contributed by atoms with Gasteiger partial charge in [0.05, 0.1) is 13.1 Å². The lowest BCUT2D eigenvalue weighted by atomic mass is 9.88. The number of likely N-dealkylation sites (tertiary alicyclic amines) is 2. The Bertz CT molecular complexity index is 598. The molecule has 4 atom stereocenters. The van der Waals surface area contributed by atoms with Crippen LogP contribution in [0.5, 0.6) is 0 Å². The summed E-state index contributed by atoms with van der Waals surface area (Å²) in [6.45, 7) is 11.9. The van der Waals surface area contributed by atoms with Gasteiger partial charge in [-0.15, -0.1) is 0 Å². The zero-order valence-electron chi connectivity index (χ0n) is 17.8. The lowest BCUT2D eigenvalue weighted by Gasteiger charge is -2.57. The van der Waals surface area contributed by atoms with Crippen LogP contribution in [-0.2, 0) is 19.1 Å². The number of carbonyl (C=O) groups is 2. The topological polar surface area (TPSA) is 99.5 Å². The van der Waals surface area contributed by atoms with Crippen molar-refractivity contribution in [2.75, 3.05) is 26.2 Å². The molecule has 0 spiro atoms. The van der Waals surface area contributed by atoms with Gasteiger partial charge < -0.3 is 29.5 Å². The molecule has 160 valence electrons. The highest BCUT2D eigenvalue weighted by molar-refractivity contribution is 5.82. The Morgan fingerprint density at radius 3 is 1.39 bits per heavy atom. The van der Waals surface area contributed by atoms with Crippen LogP contribution in [-0.4, -0.2) is 81.8 Å². The molecule has 0 saturated carbocycles. The zero-order chi connectivity index (χ0) is 21.1. The van der Waals surface area contributed by atoms with E-state index in [1.54, 1.807) is 9.80 Å². The third-order valence-corrected chi connectivity index (χ3v) is 5.71. The predicted octanol–water partition coefficient (Wildman–Crippen LogP) is 0.704. The molecule has 3 heterocycles. The molecule has 2 amide bonds. The molecule has 0 unspecified atom stereocenters. The molecule has 3 saturated heterocycles. The van der Waals surface area contributed by atoms with Gasteiger partial charge in [0.15, 0.2) is 0 Å². The van der Waals surface area contributed by atoms with E-state index in [2.05, 4.69) is 0 Å². The van der Waals surface area contributed by atoms with Gasteiger partial charge in [-0.1, -0.05) is 41.5 Å². The Morgan fingerprint density at radius 2 is 1.11 bits per heavy atom. The predicted molar refractivity (Wildman–Crippen MR) is 101 cm³/mol. The summed E-state index contributed by atoms with van der Waals surface area (Å²) < 4.78 is 11.9. The van der Waals surface area contributed by atoms with E-state index in [-0.39, 0.29) is 24.9 Å². The highest BCUT2D eigenvalue weighted by atomic mass is 16.7. The Morgan fingerprint density at radius 1 is 0.786 bits per heavy atom. The number of amides is 2. The van der Waals surface area contributed by atoms with E-state index in [0.717, 1.165) is 0 Å². The molecule has 0 aromatic heterocycles. The second-order valence-corrected chi connectivity index (χ2v) is 10.4. The Balaban J connectivity index is 1.75. The number of β-amino-alcohol motifs (C(OH)–C–C–N with tert-alkyl or cyclic N) is 2. The molecule has 0 aliphatic carbocycles. The summed E-state index contributed by atoms with van der Waals surface area (Å²) in [5, 5.41) is 22.2. The van der Waals surface area contributed by atoms with E-state index >= 15 is 0 Å². The summed E-state index contributed by atoms with van der Waals surface area (Å²) in [7, 11) is 0. The van der Waals surface area contributed by atoms with E-state index in [1.807, 2.05) is 41.5 Å². The van der Waals surface area contributed by atoms with Crippen molar-refractivity contribution in [2.45, 2.75) is 78.2 Å². The smallest absolute Gasteiger partial charge is 0.228 e. The van der Waals surface area contributed by atoms with E-state index < -0.39 is 34.6 Å². The van der Waals surface area contributed by atoms with Gasteiger partial charge in [-0.2, -0.15) is 0 Å². The summed E-state index contributed by atoms with van der Waals surface area (Å²) in [6.07, 6.45) is -0.828. The second kappa shape index (κ2) is 6.65. The molecular weight excluding hydrogens is 364 g/mol. The van der Waals surface area contributed by atoms with Crippen LogP contribution in [0.25, 0.3) is 0 Å². The molecule has 3 fully saturated rings. The van der Waals surface area contributed by atoms with Crippen LogP contribution in [0.4, 0.5) is 0 Å². The molecule has 0 aromatic rings. The fraction of sp³-hybridized carbons (Fsp3) is 0.900. The van der Waals surface area contributed by atoms with Crippen molar-refractivity contribution in [1.29, 1.82) is 0 Å². The van der Waals surface area contributed by atoms with Crippen LogP contribution < -0.4 is 0 Å². The number of fused-ring (bicyclic) bond motifs is 2. The lowest BCUT2D eigenvalue weighted by molar-refractivity contribution is -0.438. The van der Waals surface area contributed by atoms with Crippen LogP contribution in [0.3, 0.4) is 0 Å². The van der Waals surface area contributed by atoms with Crippen LogP contribution in [0, 0.1) is 10.8 Å². The van der Waals surface area contributed by atoms with Gasteiger partial charge in [0.1, 0.15) is 12.2 Å². The summed E-state index contributed by atoms with van der Waals surface area (Å²) in [4.78, 5) is 28.4. The van der Waals surface area contributed by atoms with Crippen molar-refractivity contribution in [2.24, 2.45) is 10.8 Å². The number of piperidine rings is 2. The van der Waals surface area contributed by atoms with Gasteiger partial charge in [0.2, 0.25) is 23.4 Å². The first-order chi connectivity index (χ1) is 12.7. The number of rotatable bonds is 0. The van der Waals surface area contributed by atoms with Crippen molar-refractivity contribution in [3.05, 3.63) is 0 Å². The van der Waals surface area contributed by atoms with Crippen LogP contribution in [0.1, 0.15) is 54.4 Å². The monoisotopic (exact) mass is 398 g/mol. The maximum atomic E-state index is 12.6. The fourth-order valence-electron chi connectivity index (χ4n) is 4.22. The Kier molecular flexibility index (Phi) is 5.11. The fourth-order valence-corrected chi connectivity index (χ4v) is 4.22. The van der Waals surface area contributed by atoms with Crippen molar-refractivity contribution < 1.29 is 29.3 Å². The molecule has 0 radical (unpaired) electrons. The van der Waals surface area contributed by atoms with Crippen LogP contribution in [0.15, 0.2) is 0 Å². The molecular formula is C20H34N2O6. The molecule has 0 bridgehead atoms. The zero-order valence-corrected chi connectivity index (χ0v) is 17.8. The quantitative estimate of drug-likeness (QED) is 0.623.